The number of methoxy groups -OCH3 is 1. The molecule has 2 heteroatoms. The van der Waals surface area contributed by atoms with E-state index in [1.54, 1.807) is 7.11 Å². The molecule has 2 unspecified atom stereocenters. The minimum absolute atomic E-state index is 0.0995. The zero-order valence-corrected chi connectivity index (χ0v) is 7.76. The molecule has 2 N–H and O–H groups in total. The Hall–Kier alpha value is -0.340. The van der Waals surface area contributed by atoms with Gasteiger partial charge in [-0.15, -0.1) is 6.58 Å². The lowest BCUT2D eigenvalue weighted by Crippen LogP contribution is -2.35. The van der Waals surface area contributed by atoms with Crippen molar-refractivity contribution in [3.63, 3.8) is 0 Å². The molecule has 0 rings (SSSR count). The summed E-state index contributed by atoms with van der Waals surface area (Å²) in [6.45, 7) is 7.87. The van der Waals surface area contributed by atoms with Crippen molar-refractivity contribution in [1.29, 1.82) is 0 Å². The van der Waals surface area contributed by atoms with Gasteiger partial charge in [0, 0.05) is 13.2 Å². The summed E-state index contributed by atoms with van der Waals surface area (Å²) in [7, 11) is 1.70. The second-order valence-corrected chi connectivity index (χ2v) is 3.01. The van der Waals surface area contributed by atoms with Gasteiger partial charge in [-0.3, -0.25) is 0 Å². The van der Waals surface area contributed by atoms with Crippen LogP contribution in [-0.4, -0.2) is 19.3 Å². The molecule has 0 heterocycles. The topological polar surface area (TPSA) is 35.2 Å². The number of hydrogen-bond acceptors (Lipinski definition) is 2. The first kappa shape index (κ1) is 10.7. The molecule has 0 aliphatic heterocycles. The summed E-state index contributed by atoms with van der Waals surface area (Å²) in [4.78, 5) is 0. The van der Waals surface area contributed by atoms with Gasteiger partial charge in [0.25, 0.3) is 0 Å². The number of rotatable bonds is 5. The van der Waals surface area contributed by atoms with E-state index < -0.39 is 0 Å². The molecule has 0 aromatic heterocycles. The van der Waals surface area contributed by atoms with Crippen LogP contribution in [0.15, 0.2) is 12.2 Å². The van der Waals surface area contributed by atoms with E-state index in [0.717, 1.165) is 18.4 Å². The maximum Gasteiger partial charge on any atom is 0.0722 e. The molecule has 0 amide bonds. The molecule has 2 atom stereocenters. The van der Waals surface area contributed by atoms with Crippen LogP contribution in [0.3, 0.4) is 0 Å². The first-order valence-corrected chi connectivity index (χ1v) is 4.04. The van der Waals surface area contributed by atoms with Crippen molar-refractivity contribution < 1.29 is 4.74 Å². The van der Waals surface area contributed by atoms with Crippen molar-refractivity contribution in [2.24, 2.45) is 5.73 Å². The molecule has 0 spiro atoms. The van der Waals surface area contributed by atoms with Gasteiger partial charge in [-0.05, 0) is 19.8 Å². The summed E-state index contributed by atoms with van der Waals surface area (Å²) in [5, 5.41) is 0. The summed E-state index contributed by atoms with van der Waals surface area (Å²) in [6.07, 6.45) is 1.99. The third-order valence-corrected chi connectivity index (χ3v) is 1.77. The lowest BCUT2D eigenvalue weighted by Gasteiger charge is -2.20. The molecule has 2 nitrogen and oxygen atoms in total. The Morgan fingerprint density at radius 2 is 2.18 bits per heavy atom. The Kier molecular flexibility index (Phi) is 5.16. The van der Waals surface area contributed by atoms with E-state index >= 15 is 0 Å². The second kappa shape index (κ2) is 5.33. The Labute approximate surface area is 69.4 Å². The Bertz CT molecular complexity index is 119. The third-order valence-electron chi connectivity index (χ3n) is 1.77. The predicted octanol–water partition coefficient (Wildman–Crippen LogP) is 1.70. The van der Waals surface area contributed by atoms with Crippen LogP contribution in [0, 0.1) is 0 Å². The zero-order valence-electron chi connectivity index (χ0n) is 7.76. The van der Waals surface area contributed by atoms with Gasteiger partial charge in [-0.2, -0.15) is 0 Å². The van der Waals surface area contributed by atoms with Gasteiger partial charge in [-0.1, -0.05) is 12.5 Å². The molecule has 0 saturated carbocycles. The molecule has 0 radical (unpaired) electrons. The first-order chi connectivity index (χ1) is 5.11. The van der Waals surface area contributed by atoms with E-state index in [9.17, 15) is 0 Å². The van der Waals surface area contributed by atoms with Crippen LogP contribution >= 0.6 is 0 Å². The largest absolute Gasteiger partial charge is 0.380 e. The maximum absolute atomic E-state index is 5.85. The molecule has 0 saturated heterocycles. The van der Waals surface area contributed by atoms with E-state index in [1.807, 2.05) is 6.92 Å². The van der Waals surface area contributed by atoms with Gasteiger partial charge in [-0.25, -0.2) is 0 Å². The van der Waals surface area contributed by atoms with Crippen molar-refractivity contribution in [2.45, 2.75) is 38.8 Å². The minimum atomic E-state index is 0.0995. The highest BCUT2D eigenvalue weighted by atomic mass is 16.5. The number of hydrogen-bond donors (Lipinski definition) is 1. The fourth-order valence-electron chi connectivity index (χ4n) is 1.18. The van der Waals surface area contributed by atoms with Gasteiger partial charge in [0.1, 0.15) is 0 Å². The van der Waals surface area contributed by atoms with E-state index in [-0.39, 0.29) is 12.1 Å². The average molecular weight is 157 g/mol. The zero-order chi connectivity index (χ0) is 8.85. The van der Waals surface area contributed by atoms with Crippen LogP contribution in [-0.2, 0) is 4.74 Å². The molecular weight excluding hydrogens is 138 g/mol. The van der Waals surface area contributed by atoms with Crippen molar-refractivity contribution in [2.75, 3.05) is 7.11 Å². The summed E-state index contributed by atoms with van der Waals surface area (Å²) in [5.74, 6) is 0. The molecule has 0 aliphatic rings. The maximum atomic E-state index is 5.85. The van der Waals surface area contributed by atoms with Gasteiger partial charge in [0.15, 0.2) is 0 Å². The molecule has 0 bridgehead atoms. The van der Waals surface area contributed by atoms with Crippen molar-refractivity contribution in [1.82, 2.24) is 0 Å². The molecule has 0 aromatic carbocycles. The van der Waals surface area contributed by atoms with Gasteiger partial charge in [0.2, 0.25) is 0 Å². The lowest BCUT2D eigenvalue weighted by atomic mass is 10.0. The fraction of sp³-hybridized carbons (Fsp3) is 0.778. The smallest absolute Gasteiger partial charge is 0.0722 e. The lowest BCUT2D eigenvalue weighted by molar-refractivity contribution is 0.0773. The first-order valence-electron chi connectivity index (χ1n) is 4.04. The third kappa shape index (κ3) is 4.17. The highest BCUT2D eigenvalue weighted by Gasteiger charge is 2.14. The highest BCUT2D eigenvalue weighted by molar-refractivity contribution is 4.94. The van der Waals surface area contributed by atoms with Crippen LogP contribution < -0.4 is 5.73 Å². The summed E-state index contributed by atoms with van der Waals surface area (Å²) < 4.78 is 5.20. The molecule has 0 fully saturated rings. The standard InChI is InChI=1S/C9H19NO/c1-5-9(11-4)8(10)6-7(2)3/h8-9H,2,5-6,10H2,1,3-4H3. The van der Waals surface area contributed by atoms with E-state index in [4.69, 9.17) is 10.5 Å². The van der Waals surface area contributed by atoms with Crippen LogP contribution in [0.25, 0.3) is 0 Å². The minimum Gasteiger partial charge on any atom is -0.380 e. The van der Waals surface area contributed by atoms with Crippen molar-refractivity contribution in [3.8, 4) is 0 Å². The summed E-state index contributed by atoms with van der Waals surface area (Å²) in [5.41, 5.74) is 6.97. The van der Waals surface area contributed by atoms with E-state index in [0.29, 0.717) is 0 Å². The Morgan fingerprint density at radius 3 is 2.45 bits per heavy atom. The predicted molar refractivity (Wildman–Crippen MR) is 48.5 cm³/mol. The number of nitrogens with two attached hydrogens (primary N) is 1. The summed E-state index contributed by atoms with van der Waals surface area (Å²) in [6, 6.07) is 0.0995. The highest BCUT2D eigenvalue weighted by Crippen LogP contribution is 2.08. The number of ether oxygens (including phenoxy) is 1. The van der Waals surface area contributed by atoms with Crippen LogP contribution in [0.1, 0.15) is 26.7 Å². The molecule has 0 aromatic rings. The molecular formula is C9H19NO. The fourth-order valence-corrected chi connectivity index (χ4v) is 1.18. The Morgan fingerprint density at radius 1 is 1.64 bits per heavy atom. The SMILES string of the molecule is C=C(C)CC(N)C(CC)OC. The van der Waals surface area contributed by atoms with Crippen LogP contribution in [0.2, 0.25) is 0 Å². The molecule has 0 aliphatic carbocycles. The molecule has 11 heavy (non-hydrogen) atoms. The van der Waals surface area contributed by atoms with Crippen molar-refractivity contribution in [3.05, 3.63) is 12.2 Å². The van der Waals surface area contributed by atoms with E-state index in [1.165, 1.54) is 0 Å². The normalized spacial score (nSPS) is 16.0. The van der Waals surface area contributed by atoms with E-state index in [2.05, 4.69) is 13.5 Å². The second-order valence-electron chi connectivity index (χ2n) is 3.01. The molecule has 66 valence electrons. The van der Waals surface area contributed by atoms with Gasteiger partial charge < -0.3 is 10.5 Å². The van der Waals surface area contributed by atoms with Gasteiger partial charge >= 0.3 is 0 Å². The Balaban J connectivity index is 3.78. The van der Waals surface area contributed by atoms with Gasteiger partial charge in [0.05, 0.1) is 6.10 Å². The van der Waals surface area contributed by atoms with Crippen molar-refractivity contribution >= 4 is 0 Å². The average Bonchev–Trinajstić information content (AvgIpc) is 1.88. The quantitative estimate of drug-likeness (QED) is 0.616. The monoisotopic (exact) mass is 157 g/mol. The van der Waals surface area contributed by atoms with Crippen LogP contribution in [0.4, 0.5) is 0 Å². The van der Waals surface area contributed by atoms with Crippen LogP contribution in [0.5, 0.6) is 0 Å². The summed E-state index contributed by atoms with van der Waals surface area (Å²) >= 11 is 0.